The van der Waals surface area contributed by atoms with Gasteiger partial charge in [-0.3, -0.25) is 15.0 Å². The van der Waals surface area contributed by atoms with Crippen LogP contribution >= 0.6 is 24.0 Å². The largest absolute Gasteiger partial charge is 0.372 e. The smallest absolute Gasteiger partial charge is 0.285 e. The van der Waals surface area contributed by atoms with Crippen molar-refractivity contribution in [2.75, 3.05) is 18.0 Å². The van der Waals surface area contributed by atoms with E-state index in [4.69, 9.17) is 12.2 Å². The van der Waals surface area contributed by atoms with E-state index in [2.05, 4.69) is 24.2 Å². The Morgan fingerprint density at radius 2 is 1.75 bits per heavy atom. The van der Waals surface area contributed by atoms with Gasteiger partial charge in [0.1, 0.15) is 0 Å². The first-order valence-corrected chi connectivity index (χ1v) is 10.2. The third kappa shape index (κ3) is 4.43. The average Bonchev–Trinajstić information content (AvgIpc) is 2.98. The Kier molecular flexibility index (Phi) is 6.49. The Hall–Kier alpha value is -2.64. The summed E-state index contributed by atoms with van der Waals surface area (Å²) < 4.78 is 0.306. The van der Waals surface area contributed by atoms with Crippen molar-refractivity contribution in [1.29, 1.82) is 0 Å². The van der Waals surface area contributed by atoms with Crippen LogP contribution in [0.15, 0.2) is 59.5 Å². The van der Waals surface area contributed by atoms with E-state index in [0.29, 0.717) is 14.8 Å². The molecule has 5 nitrogen and oxygen atoms in total. The van der Waals surface area contributed by atoms with E-state index in [1.165, 1.54) is 11.8 Å². The number of amides is 2. The number of nitrogens with one attached hydrogen (secondary N) is 1. The van der Waals surface area contributed by atoms with Gasteiger partial charge in [-0.05, 0) is 62.0 Å². The summed E-state index contributed by atoms with van der Waals surface area (Å²) >= 11 is 6.45. The third-order valence-electron chi connectivity index (χ3n) is 4.36. The van der Waals surface area contributed by atoms with Gasteiger partial charge in [0.05, 0.1) is 4.91 Å². The fourth-order valence-corrected chi connectivity index (χ4v) is 4.02. The molecule has 3 rings (SSSR count). The van der Waals surface area contributed by atoms with E-state index in [-0.39, 0.29) is 11.8 Å². The molecule has 0 aromatic heterocycles. The average molecular weight is 412 g/mol. The van der Waals surface area contributed by atoms with Gasteiger partial charge in [0.15, 0.2) is 4.32 Å². The van der Waals surface area contributed by atoms with E-state index in [9.17, 15) is 9.59 Å². The summed E-state index contributed by atoms with van der Waals surface area (Å²) in [6.07, 6.45) is 1.79. The summed E-state index contributed by atoms with van der Waals surface area (Å²) in [7, 11) is 0. The van der Waals surface area contributed by atoms with E-state index < -0.39 is 0 Å². The zero-order valence-electron chi connectivity index (χ0n) is 15.7. The van der Waals surface area contributed by atoms with E-state index in [1.807, 2.05) is 30.3 Å². The van der Waals surface area contributed by atoms with Crippen LogP contribution in [0, 0.1) is 0 Å². The number of hydrogen-bond donors (Lipinski definition) is 1. The minimum absolute atomic E-state index is 0.306. The van der Waals surface area contributed by atoms with Crippen LogP contribution in [0.1, 0.15) is 29.8 Å². The highest BCUT2D eigenvalue weighted by atomic mass is 32.2. The maximum Gasteiger partial charge on any atom is 0.285 e. The highest BCUT2D eigenvalue weighted by Crippen LogP contribution is 2.31. The lowest BCUT2D eigenvalue weighted by molar-refractivity contribution is -0.123. The van der Waals surface area contributed by atoms with Crippen LogP contribution in [-0.2, 0) is 4.79 Å². The van der Waals surface area contributed by atoms with Gasteiger partial charge in [-0.15, -0.1) is 0 Å². The fourth-order valence-electron chi connectivity index (χ4n) is 2.84. The van der Waals surface area contributed by atoms with E-state index >= 15 is 0 Å². The van der Waals surface area contributed by atoms with Crippen molar-refractivity contribution in [2.24, 2.45) is 0 Å². The summed E-state index contributed by atoms with van der Waals surface area (Å²) in [4.78, 5) is 27.7. The molecular formula is C21H21N3O2S2. The van der Waals surface area contributed by atoms with Crippen molar-refractivity contribution < 1.29 is 9.59 Å². The molecule has 2 aromatic rings. The molecule has 7 heteroatoms. The SMILES string of the molecule is CCN(CC)c1ccc(/C=C2\SC(=S)N(NC(=O)c3ccccc3)C2=O)cc1. The van der Waals surface area contributed by atoms with Crippen molar-refractivity contribution in [3.8, 4) is 0 Å². The van der Waals surface area contributed by atoms with Crippen molar-refractivity contribution in [1.82, 2.24) is 10.4 Å². The zero-order chi connectivity index (χ0) is 20.1. The molecule has 0 spiro atoms. The van der Waals surface area contributed by atoms with Crippen LogP contribution < -0.4 is 10.3 Å². The molecule has 1 aliphatic heterocycles. The van der Waals surface area contributed by atoms with Gasteiger partial charge in [-0.1, -0.05) is 42.1 Å². The number of thiocarbonyl (C=S) groups is 1. The van der Waals surface area contributed by atoms with Gasteiger partial charge in [-0.2, -0.15) is 5.01 Å². The summed E-state index contributed by atoms with van der Waals surface area (Å²) in [5.74, 6) is -0.700. The minimum Gasteiger partial charge on any atom is -0.372 e. The number of hydrazine groups is 1. The van der Waals surface area contributed by atoms with Crippen LogP contribution in [0.2, 0.25) is 0 Å². The topological polar surface area (TPSA) is 52.6 Å². The third-order valence-corrected chi connectivity index (χ3v) is 5.66. The van der Waals surface area contributed by atoms with E-state index in [1.54, 1.807) is 30.3 Å². The lowest BCUT2D eigenvalue weighted by Gasteiger charge is -2.20. The van der Waals surface area contributed by atoms with Crippen molar-refractivity contribution >= 4 is 51.9 Å². The van der Waals surface area contributed by atoms with Crippen molar-refractivity contribution in [3.05, 3.63) is 70.6 Å². The first-order valence-electron chi connectivity index (χ1n) is 9.02. The number of carbonyl (C=O) groups excluding carboxylic acids is 2. The number of carbonyl (C=O) groups is 2. The maximum absolute atomic E-state index is 12.7. The van der Waals surface area contributed by atoms with Crippen molar-refractivity contribution in [2.45, 2.75) is 13.8 Å². The Morgan fingerprint density at radius 1 is 1.11 bits per heavy atom. The second-order valence-electron chi connectivity index (χ2n) is 6.09. The van der Waals surface area contributed by atoms with Gasteiger partial charge >= 0.3 is 0 Å². The highest BCUT2D eigenvalue weighted by Gasteiger charge is 2.33. The molecular weight excluding hydrogens is 390 g/mol. The van der Waals surface area contributed by atoms with Gasteiger partial charge in [0, 0.05) is 24.3 Å². The molecule has 1 heterocycles. The number of nitrogens with zero attached hydrogens (tertiary/aromatic N) is 2. The number of rotatable bonds is 6. The second kappa shape index (κ2) is 9.03. The molecule has 28 heavy (non-hydrogen) atoms. The van der Waals surface area contributed by atoms with Crippen LogP contribution in [0.4, 0.5) is 5.69 Å². The first kappa shape index (κ1) is 20.1. The van der Waals surface area contributed by atoms with Gasteiger partial charge in [-0.25, -0.2) is 0 Å². The molecule has 1 aliphatic rings. The molecule has 144 valence electrons. The maximum atomic E-state index is 12.7. The van der Waals surface area contributed by atoms with Crippen LogP contribution in [0.25, 0.3) is 6.08 Å². The summed E-state index contributed by atoms with van der Waals surface area (Å²) in [6, 6.07) is 16.7. The van der Waals surface area contributed by atoms with Gasteiger partial charge in [0.2, 0.25) is 0 Å². The molecule has 0 radical (unpaired) electrons. The quantitative estimate of drug-likeness (QED) is 0.573. The molecule has 0 aliphatic carbocycles. The minimum atomic E-state index is -0.373. The molecule has 1 N–H and O–H groups in total. The summed E-state index contributed by atoms with van der Waals surface area (Å²) in [6.45, 7) is 6.12. The summed E-state index contributed by atoms with van der Waals surface area (Å²) in [5.41, 5.74) is 5.10. The Balaban J connectivity index is 1.73. The fraction of sp³-hybridized carbons (Fsp3) is 0.190. The molecule has 0 unspecified atom stereocenters. The van der Waals surface area contributed by atoms with Gasteiger partial charge in [0.25, 0.3) is 11.8 Å². The standard InChI is InChI=1S/C21H21N3O2S2/c1-3-23(4-2)17-12-10-15(11-13-17)14-18-20(26)24(21(27)28-18)22-19(25)16-8-6-5-7-9-16/h5-14H,3-4H2,1-2H3,(H,22,25)/b18-14-. The predicted octanol–water partition coefficient (Wildman–Crippen LogP) is 4.08. The Bertz CT molecular complexity index is 907. The van der Waals surface area contributed by atoms with Gasteiger partial charge < -0.3 is 4.90 Å². The van der Waals surface area contributed by atoms with Crippen LogP contribution in [0.5, 0.6) is 0 Å². The summed E-state index contributed by atoms with van der Waals surface area (Å²) in [5, 5.41) is 1.13. The Labute approximate surface area is 174 Å². The number of thioether (sulfide) groups is 1. The molecule has 0 saturated carbocycles. The van der Waals surface area contributed by atoms with Crippen LogP contribution in [-0.4, -0.2) is 34.2 Å². The molecule has 2 aromatic carbocycles. The predicted molar refractivity (Wildman–Crippen MR) is 119 cm³/mol. The second-order valence-corrected chi connectivity index (χ2v) is 7.76. The zero-order valence-corrected chi connectivity index (χ0v) is 17.3. The monoisotopic (exact) mass is 411 g/mol. The number of hydrogen-bond acceptors (Lipinski definition) is 5. The first-order chi connectivity index (χ1) is 13.5. The number of anilines is 1. The molecule has 1 saturated heterocycles. The van der Waals surface area contributed by atoms with Crippen LogP contribution in [0.3, 0.4) is 0 Å². The molecule has 0 atom stereocenters. The lowest BCUT2D eigenvalue weighted by atomic mass is 10.1. The van der Waals surface area contributed by atoms with E-state index in [0.717, 1.165) is 29.3 Å². The van der Waals surface area contributed by atoms with Crippen molar-refractivity contribution in [3.63, 3.8) is 0 Å². The number of benzene rings is 2. The Morgan fingerprint density at radius 3 is 2.36 bits per heavy atom. The highest BCUT2D eigenvalue weighted by molar-refractivity contribution is 8.26. The molecule has 0 bridgehead atoms. The molecule has 2 amide bonds. The molecule has 1 fully saturated rings. The lowest BCUT2D eigenvalue weighted by Crippen LogP contribution is -2.44. The normalized spacial score (nSPS) is 15.2.